The molecule has 0 spiro atoms. The molecule has 1 aliphatic rings. The number of hydrogen-bond donors (Lipinski definition) is 1. The highest BCUT2D eigenvalue weighted by atomic mass is 32.2. The Balaban J connectivity index is 1.67. The lowest BCUT2D eigenvalue weighted by molar-refractivity contribution is 0.196. The van der Waals surface area contributed by atoms with Gasteiger partial charge >= 0.3 is 6.03 Å². The fourth-order valence-corrected chi connectivity index (χ4v) is 4.38. The molecular formula is C21H27N3O3S. The third-order valence-corrected chi connectivity index (χ3v) is 6.94. The summed E-state index contributed by atoms with van der Waals surface area (Å²) < 4.78 is 24.1. The van der Waals surface area contributed by atoms with E-state index in [-0.39, 0.29) is 22.7 Å². The summed E-state index contributed by atoms with van der Waals surface area (Å²) in [7, 11) is -1.51. The maximum Gasteiger partial charge on any atom is 0.321 e. The maximum absolute atomic E-state index is 12.7. The van der Waals surface area contributed by atoms with Crippen LogP contribution in [0.5, 0.6) is 0 Å². The largest absolute Gasteiger partial charge is 0.369 e. The van der Waals surface area contributed by atoms with Crippen molar-refractivity contribution >= 4 is 27.2 Å². The van der Waals surface area contributed by atoms with Gasteiger partial charge in [0.25, 0.3) is 0 Å². The summed E-state index contributed by atoms with van der Waals surface area (Å²) in [5.74, 6) is 0.0295. The molecule has 2 amide bonds. The fourth-order valence-electron chi connectivity index (χ4n) is 3.46. The lowest BCUT2D eigenvalue weighted by Crippen LogP contribution is -2.49. The molecule has 2 aromatic rings. The molecule has 0 bridgehead atoms. The number of piperidine rings is 1. The summed E-state index contributed by atoms with van der Waals surface area (Å²) in [6, 6.07) is 16.5. The second kappa shape index (κ2) is 8.65. The van der Waals surface area contributed by atoms with Crippen molar-refractivity contribution in [1.82, 2.24) is 4.90 Å². The van der Waals surface area contributed by atoms with Gasteiger partial charge in [-0.1, -0.05) is 31.2 Å². The standard InChI is InChI=1S/C21H27N3O3S/c1-3-28(26,27)20-13-7-9-17(15-20)22-21(25)23(2)19-12-8-14-24(16-19)18-10-5-4-6-11-18/h4-7,9-11,13,15,19H,3,8,12,14,16H2,1-2H3,(H,22,25). The molecule has 7 heteroatoms. The highest BCUT2D eigenvalue weighted by Crippen LogP contribution is 2.23. The van der Waals surface area contributed by atoms with Crippen LogP contribution in [0.1, 0.15) is 19.8 Å². The van der Waals surface area contributed by atoms with Crippen molar-refractivity contribution in [3.8, 4) is 0 Å². The van der Waals surface area contributed by atoms with E-state index in [0.29, 0.717) is 5.69 Å². The Morgan fingerprint density at radius 1 is 1.18 bits per heavy atom. The first kappa shape index (κ1) is 20.2. The first-order valence-corrected chi connectivity index (χ1v) is 11.2. The van der Waals surface area contributed by atoms with Gasteiger partial charge in [-0.3, -0.25) is 0 Å². The fraction of sp³-hybridized carbons (Fsp3) is 0.381. The van der Waals surface area contributed by atoms with Crippen LogP contribution in [0.3, 0.4) is 0 Å². The number of benzene rings is 2. The number of sulfone groups is 1. The Labute approximate surface area is 167 Å². The van der Waals surface area contributed by atoms with Crippen molar-refractivity contribution in [3.63, 3.8) is 0 Å². The molecule has 1 fully saturated rings. The van der Waals surface area contributed by atoms with Crippen molar-refractivity contribution < 1.29 is 13.2 Å². The van der Waals surface area contributed by atoms with Gasteiger partial charge in [-0.25, -0.2) is 13.2 Å². The number of carbonyl (C=O) groups excluding carboxylic acids is 1. The minimum Gasteiger partial charge on any atom is -0.369 e. The first-order valence-electron chi connectivity index (χ1n) is 9.57. The highest BCUT2D eigenvalue weighted by Gasteiger charge is 2.26. The minimum atomic E-state index is -3.31. The number of carbonyl (C=O) groups is 1. The number of nitrogens with one attached hydrogen (secondary N) is 1. The number of rotatable bonds is 5. The molecule has 2 aromatic carbocycles. The predicted octanol–water partition coefficient (Wildman–Crippen LogP) is 3.61. The van der Waals surface area contributed by atoms with Crippen molar-refractivity contribution in [2.75, 3.05) is 36.1 Å². The second-order valence-corrected chi connectivity index (χ2v) is 9.33. The van der Waals surface area contributed by atoms with Crippen LogP contribution >= 0.6 is 0 Å². The minimum absolute atomic E-state index is 0.0295. The zero-order valence-corrected chi connectivity index (χ0v) is 17.2. The molecule has 0 aromatic heterocycles. The lowest BCUT2D eigenvalue weighted by Gasteiger charge is -2.38. The quantitative estimate of drug-likeness (QED) is 0.831. The van der Waals surface area contributed by atoms with Gasteiger partial charge in [0.1, 0.15) is 0 Å². The summed E-state index contributed by atoms with van der Waals surface area (Å²) in [6.07, 6.45) is 1.96. The molecular weight excluding hydrogens is 374 g/mol. The lowest BCUT2D eigenvalue weighted by atomic mass is 10.0. The molecule has 1 atom stereocenters. The van der Waals surface area contributed by atoms with Crippen LogP contribution in [0.25, 0.3) is 0 Å². The Kier molecular flexibility index (Phi) is 6.24. The normalized spacial score (nSPS) is 17.2. The van der Waals surface area contributed by atoms with Crippen molar-refractivity contribution in [2.24, 2.45) is 0 Å². The number of hydrogen-bond acceptors (Lipinski definition) is 4. The summed E-state index contributed by atoms with van der Waals surface area (Å²) in [5, 5.41) is 2.83. The topological polar surface area (TPSA) is 69.7 Å². The van der Waals surface area contributed by atoms with Gasteiger partial charge in [0.15, 0.2) is 9.84 Å². The third-order valence-electron chi connectivity index (χ3n) is 5.21. The van der Waals surface area contributed by atoms with E-state index in [1.165, 1.54) is 11.8 Å². The number of likely N-dealkylation sites (N-methyl/N-ethyl adjacent to an activating group) is 1. The van der Waals surface area contributed by atoms with Crippen molar-refractivity contribution in [1.29, 1.82) is 0 Å². The molecule has 1 aliphatic heterocycles. The van der Waals surface area contributed by atoms with E-state index in [1.54, 1.807) is 37.1 Å². The monoisotopic (exact) mass is 401 g/mol. The number of anilines is 2. The molecule has 0 aliphatic carbocycles. The van der Waals surface area contributed by atoms with E-state index in [1.807, 2.05) is 18.2 Å². The predicted molar refractivity (Wildman–Crippen MR) is 113 cm³/mol. The van der Waals surface area contributed by atoms with E-state index >= 15 is 0 Å². The van der Waals surface area contributed by atoms with Crippen LogP contribution < -0.4 is 10.2 Å². The number of urea groups is 1. The maximum atomic E-state index is 12.7. The Morgan fingerprint density at radius 2 is 1.93 bits per heavy atom. The molecule has 1 N–H and O–H groups in total. The molecule has 1 heterocycles. The summed E-state index contributed by atoms with van der Waals surface area (Å²) in [4.78, 5) is 17.0. The van der Waals surface area contributed by atoms with Crippen LogP contribution in [0.2, 0.25) is 0 Å². The SMILES string of the molecule is CCS(=O)(=O)c1cccc(NC(=O)N(C)C2CCCN(c3ccccc3)C2)c1. The van der Waals surface area contributed by atoms with Crippen LogP contribution in [-0.2, 0) is 9.84 Å². The van der Waals surface area contributed by atoms with Gasteiger partial charge in [0, 0.05) is 31.5 Å². The van der Waals surface area contributed by atoms with Gasteiger partial charge in [0.05, 0.1) is 16.7 Å². The van der Waals surface area contributed by atoms with Crippen LogP contribution in [0.15, 0.2) is 59.5 Å². The average Bonchev–Trinajstić information content (AvgIpc) is 2.74. The Bertz CT molecular complexity index is 916. The van der Waals surface area contributed by atoms with Crippen LogP contribution in [0.4, 0.5) is 16.2 Å². The molecule has 0 saturated carbocycles. The van der Waals surface area contributed by atoms with Gasteiger partial charge in [-0.05, 0) is 43.2 Å². The van der Waals surface area contributed by atoms with Crippen LogP contribution in [-0.4, -0.2) is 51.3 Å². The Morgan fingerprint density at radius 3 is 2.64 bits per heavy atom. The number of amides is 2. The highest BCUT2D eigenvalue weighted by molar-refractivity contribution is 7.91. The number of nitrogens with zero attached hydrogens (tertiary/aromatic N) is 2. The number of para-hydroxylation sites is 1. The third kappa shape index (κ3) is 4.65. The zero-order valence-electron chi connectivity index (χ0n) is 16.3. The zero-order chi connectivity index (χ0) is 20.1. The average molecular weight is 402 g/mol. The summed E-state index contributed by atoms with van der Waals surface area (Å²) >= 11 is 0. The molecule has 28 heavy (non-hydrogen) atoms. The van der Waals surface area contributed by atoms with E-state index in [9.17, 15) is 13.2 Å². The molecule has 0 radical (unpaired) electrons. The van der Waals surface area contributed by atoms with E-state index in [0.717, 1.165) is 25.9 Å². The van der Waals surface area contributed by atoms with Crippen molar-refractivity contribution in [2.45, 2.75) is 30.7 Å². The molecule has 150 valence electrons. The van der Waals surface area contributed by atoms with Crippen molar-refractivity contribution in [3.05, 3.63) is 54.6 Å². The van der Waals surface area contributed by atoms with Gasteiger partial charge in [-0.15, -0.1) is 0 Å². The molecule has 1 unspecified atom stereocenters. The van der Waals surface area contributed by atoms with Gasteiger partial charge in [0.2, 0.25) is 0 Å². The molecule has 6 nitrogen and oxygen atoms in total. The van der Waals surface area contributed by atoms with Gasteiger partial charge in [-0.2, -0.15) is 0 Å². The Hall–Kier alpha value is -2.54. The molecule has 3 rings (SSSR count). The van der Waals surface area contributed by atoms with E-state index < -0.39 is 9.84 Å². The van der Waals surface area contributed by atoms with Crippen LogP contribution in [0, 0.1) is 0 Å². The molecule has 1 saturated heterocycles. The first-order chi connectivity index (χ1) is 13.4. The second-order valence-electron chi connectivity index (χ2n) is 7.05. The van der Waals surface area contributed by atoms with E-state index in [4.69, 9.17) is 0 Å². The summed E-state index contributed by atoms with van der Waals surface area (Å²) in [6.45, 7) is 3.36. The van der Waals surface area contributed by atoms with E-state index in [2.05, 4.69) is 22.3 Å². The van der Waals surface area contributed by atoms with Gasteiger partial charge < -0.3 is 15.1 Å². The smallest absolute Gasteiger partial charge is 0.321 e. The summed E-state index contributed by atoms with van der Waals surface area (Å²) in [5.41, 5.74) is 1.65.